The zero-order valence-electron chi connectivity index (χ0n) is 15.8. The number of pyridine rings is 1. The van der Waals surface area contributed by atoms with Gasteiger partial charge in [0, 0.05) is 24.5 Å². The van der Waals surface area contributed by atoms with Gasteiger partial charge in [-0.3, -0.25) is 9.48 Å². The summed E-state index contributed by atoms with van der Waals surface area (Å²) in [6, 6.07) is 10.9. The molecular weight excluding hydrogens is 378 g/mol. The van der Waals surface area contributed by atoms with Gasteiger partial charge in [0.2, 0.25) is 5.95 Å². The van der Waals surface area contributed by atoms with Gasteiger partial charge in [-0.15, -0.1) is 5.10 Å². The fourth-order valence-corrected chi connectivity index (χ4v) is 3.32. The predicted octanol–water partition coefficient (Wildman–Crippen LogP) is 3.32. The number of benzene rings is 2. The van der Waals surface area contributed by atoms with Crippen LogP contribution in [0, 0.1) is 11.8 Å². The van der Waals surface area contributed by atoms with Crippen molar-refractivity contribution in [3.05, 3.63) is 76.3 Å². The van der Waals surface area contributed by atoms with Gasteiger partial charge in [0.05, 0.1) is 24.6 Å². The standard InChI is InChI=1S/C21H18F2N4O2/c1-26-11-14(9-18(29-2)21(26)28)13-7-16(24)19-17(8-13)27(25-20(19)23)10-12-3-5-15(22)6-4-12/h3-9,11H,10,24H2,1-2H3. The topological polar surface area (TPSA) is 75.1 Å². The number of nitrogens with zero attached hydrogens (tertiary/aromatic N) is 3. The van der Waals surface area contributed by atoms with E-state index in [1.54, 1.807) is 43.6 Å². The van der Waals surface area contributed by atoms with Crippen LogP contribution in [0.3, 0.4) is 0 Å². The molecule has 0 unspecified atom stereocenters. The number of rotatable bonds is 4. The molecule has 0 amide bonds. The molecule has 2 aromatic carbocycles. The lowest BCUT2D eigenvalue weighted by Gasteiger charge is -2.10. The second kappa shape index (κ2) is 7.05. The molecule has 0 radical (unpaired) electrons. The van der Waals surface area contributed by atoms with E-state index >= 15 is 0 Å². The van der Waals surface area contributed by atoms with Gasteiger partial charge >= 0.3 is 0 Å². The summed E-state index contributed by atoms with van der Waals surface area (Å²) in [5.74, 6) is -0.834. The number of hydrogen-bond donors (Lipinski definition) is 1. The van der Waals surface area contributed by atoms with Gasteiger partial charge in [-0.1, -0.05) is 12.1 Å². The molecule has 0 saturated carbocycles. The first-order chi connectivity index (χ1) is 13.9. The first-order valence-electron chi connectivity index (χ1n) is 8.82. The van der Waals surface area contributed by atoms with Crippen molar-refractivity contribution in [1.29, 1.82) is 0 Å². The second-order valence-electron chi connectivity index (χ2n) is 6.75. The predicted molar refractivity (Wildman–Crippen MR) is 107 cm³/mol. The first-order valence-corrected chi connectivity index (χ1v) is 8.82. The minimum absolute atomic E-state index is 0.190. The molecule has 2 heterocycles. The Morgan fingerprint density at radius 3 is 2.52 bits per heavy atom. The lowest BCUT2D eigenvalue weighted by molar-refractivity contribution is 0.405. The fourth-order valence-electron chi connectivity index (χ4n) is 3.32. The van der Waals surface area contributed by atoms with E-state index < -0.39 is 5.95 Å². The highest BCUT2D eigenvalue weighted by molar-refractivity contribution is 5.95. The number of fused-ring (bicyclic) bond motifs is 1. The largest absolute Gasteiger partial charge is 0.491 e. The molecule has 0 aliphatic carbocycles. The Balaban J connectivity index is 1.87. The number of nitrogen functional groups attached to an aromatic ring is 1. The molecule has 29 heavy (non-hydrogen) atoms. The number of nitrogens with two attached hydrogens (primary N) is 1. The Hall–Kier alpha value is -3.68. The van der Waals surface area contributed by atoms with E-state index in [-0.39, 0.29) is 34.7 Å². The molecule has 0 bridgehead atoms. The van der Waals surface area contributed by atoms with Crippen molar-refractivity contribution in [3.8, 4) is 16.9 Å². The summed E-state index contributed by atoms with van der Waals surface area (Å²) in [5, 5.41) is 4.18. The highest BCUT2D eigenvalue weighted by Crippen LogP contribution is 2.32. The Morgan fingerprint density at radius 2 is 1.83 bits per heavy atom. The van der Waals surface area contributed by atoms with E-state index in [0.717, 1.165) is 5.56 Å². The van der Waals surface area contributed by atoms with E-state index in [1.165, 1.54) is 28.5 Å². The maximum atomic E-state index is 14.5. The number of ether oxygens (including phenoxy) is 1. The van der Waals surface area contributed by atoms with Crippen molar-refractivity contribution < 1.29 is 13.5 Å². The maximum Gasteiger partial charge on any atom is 0.292 e. The van der Waals surface area contributed by atoms with Crippen molar-refractivity contribution in [2.24, 2.45) is 7.05 Å². The molecule has 148 valence electrons. The second-order valence-corrected chi connectivity index (χ2v) is 6.75. The zero-order valence-corrected chi connectivity index (χ0v) is 15.8. The zero-order chi connectivity index (χ0) is 20.7. The van der Waals surface area contributed by atoms with Crippen LogP contribution in [0.25, 0.3) is 22.0 Å². The van der Waals surface area contributed by atoms with Gasteiger partial charge in [-0.05, 0) is 41.5 Å². The lowest BCUT2D eigenvalue weighted by atomic mass is 10.0. The van der Waals surface area contributed by atoms with Crippen LogP contribution in [0.1, 0.15) is 5.56 Å². The van der Waals surface area contributed by atoms with Crippen LogP contribution in [0.2, 0.25) is 0 Å². The first kappa shape index (κ1) is 18.7. The van der Waals surface area contributed by atoms with Crippen LogP contribution >= 0.6 is 0 Å². The molecule has 0 atom stereocenters. The van der Waals surface area contributed by atoms with Crippen molar-refractivity contribution >= 4 is 16.6 Å². The summed E-state index contributed by atoms with van der Waals surface area (Å²) >= 11 is 0. The van der Waals surface area contributed by atoms with E-state index in [1.807, 2.05) is 0 Å². The molecule has 0 aliphatic rings. The van der Waals surface area contributed by atoms with Crippen LogP contribution in [0.5, 0.6) is 5.75 Å². The normalized spacial score (nSPS) is 11.2. The third-order valence-corrected chi connectivity index (χ3v) is 4.79. The van der Waals surface area contributed by atoms with Gasteiger partial charge in [-0.2, -0.15) is 4.39 Å². The van der Waals surface area contributed by atoms with Gasteiger partial charge in [0.1, 0.15) is 5.82 Å². The number of aryl methyl sites for hydroxylation is 1. The van der Waals surface area contributed by atoms with E-state index in [2.05, 4.69) is 5.10 Å². The average Bonchev–Trinajstić information content (AvgIpc) is 3.01. The molecule has 8 heteroatoms. The van der Waals surface area contributed by atoms with Crippen LogP contribution < -0.4 is 16.0 Å². The third kappa shape index (κ3) is 3.33. The summed E-state index contributed by atoms with van der Waals surface area (Å²) in [4.78, 5) is 12.1. The fraction of sp³-hybridized carbons (Fsp3) is 0.143. The monoisotopic (exact) mass is 396 g/mol. The third-order valence-electron chi connectivity index (χ3n) is 4.79. The Morgan fingerprint density at radius 1 is 1.10 bits per heavy atom. The Bertz CT molecular complexity index is 1280. The van der Waals surface area contributed by atoms with Crippen LogP contribution in [0.4, 0.5) is 14.5 Å². The Labute approximate surface area is 164 Å². The van der Waals surface area contributed by atoms with Crippen molar-refractivity contribution in [2.75, 3.05) is 12.8 Å². The minimum Gasteiger partial charge on any atom is -0.491 e. The maximum absolute atomic E-state index is 14.5. The van der Waals surface area contributed by atoms with Gasteiger partial charge in [0.25, 0.3) is 5.56 Å². The van der Waals surface area contributed by atoms with Crippen LogP contribution in [-0.4, -0.2) is 21.5 Å². The van der Waals surface area contributed by atoms with Gasteiger partial charge in [-0.25, -0.2) is 4.39 Å². The highest BCUT2D eigenvalue weighted by atomic mass is 19.1. The van der Waals surface area contributed by atoms with E-state index in [0.29, 0.717) is 16.6 Å². The quantitative estimate of drug-likeness (QED) is 0.537. The molecule has 4 rings (SSSR count). The lowest BCUT2D eigenvalue weighted by Crippen LogP contribution is -2.17. The molecule has 0 aliphatic heterocycles. The minimum atomic E-state index is -0.677. The van der Waals surface area contributed by atoms with Crippen molar-refractivity contribution in [3.63, 3.8) is 0 Å². The molecule has 0 fully saturated rings. The van der Waals surface area contributed by atoms with Crippen molar-refractivity contribution in [2.45, 2.75) is 6.54 Å². The number of aromatic nitrogens is 3. The summed E-state index contributed by atoms with van der Waals surface area (Å²) in [7, 11) is 3.04. The molecular formula is C21H18F2N4O2. The molecule has 0 spiro atoms. The summed E-state index contributed by atoms with van der Waals surface area (Å²) in [6.45, 7) is 0.250. The smallest absolute Gasteiger partial charge is 0.292 e. The van der Waals surface area contributed by atoms with Gasteiger partial charge < -0.3 is 15.0 Å². The average molecular weight is 396 g/mol. The molecule has 2 aromatic heterocycles. The van der Waals surface area contributed by atoms with E-state index in [4.69, 9.17) is 10.5 Å². The van der Waals surface area contributed by atoms with Crippen molar-refractivity contribution in [1.82, 2.24) is 14.3 Å². The molecule has 4 aromatic rings. The summed E-state index contributed by atoms with van der Waals surface area (Å²) < 4.78 is 35.7. The summed E-state index contributed by atoms with van der Waals surface area (Å²) in [5.41, 5.74) is 8.72. The van der Waals surface area contributed by atoms with E-state index in [9.17, 15) is 13.6 Å². The SMILES string of the molecule is COc1cc(-c2cc(N)c3c(F)nn(Cc4ccc(F)cc4)c3c2)cn(C)c1=O. The molecule has 2 N–H and O–H groups in total. The Kier molecular flexibility index (Phi) is 4.54. The highest BCUT2D eigenvalue weighted by Gasteiger charge is 2.16. The summed E-state index contributed by atoms with van der Waals surface area (Å²) in [6.07, 6.45) is 1.66. The number of anilines is 1. The molecule has 0 saturated heterocycles. The van der Waals surface area contributed by atoms with Crippen LogP contribution in [0.15, 0.2) is 53.5 Å². The van der Waals surface area contributed by atoms with Gasteiger partial charge in [0.15, 0.2) is 5.75 Å². The number of halogens is 2. The van der Waals surface area contributed by atoms with Crippen LogP contribution in [-0.2, 0) is 13.6 Å². The number of methoxy groups -OCH3 is 1. The number of hydrogen-bond acceptors (Lipinski definition) is 4. The molecule has 6 nitrogen and oxygen atoms in total.